The first-order valence-electron chi connectivity index (χ1n) is 5.95. The average Bonchev–Trinajstić information content (AvgIpc) is 2.82. The van der Waals surface area contributed by atoms with Crippen molar-refractivity contribution >= 4 is 17.1 Å². The number of hydrogen-bond donors (Lipinski definition) is 0. The van der Waals surface area contributed by atoms with E-state index in [-0.39, 0.29) is 5.41 Å². The van der Waals surface area contributed by atoms with Crippen molar-refractivity contribution in [1.82, 2.24) is 0 Å². The van der Waals surface area contributed by atoms with Crippen LogP contribution in [0.1, 0.15) is 35.2 Å². The zero-order valence-electron chi connectivity index (χ0n) is 9.56. The second-order valence-electron chi connectivity index (χ2n) is 4.64. The summed E-state index contributed by atoms with van der Waals surface area (Å²) in [7, 11) is 0. The first-order chi connectivity index (χ1) is 8.33. The molecule has 0 unspecified atom stereocenters. The van der Waals surface area contributed by atoms with Gasteiger partial charge in [0.15, 0.2) is 5.78 Å². The Morgan fingerprint density at radius 2 is 1.88 bits per heavy atom. The highest BCUT2D eigenvalue weighted by molar-refractivity contribution is 7.08. The van der Waals surface area contributed by atoms with Crippen LogP contribution in [-0.2, 0) is 5.41 Å². The number of Topliss-reactive ketones (excluding diaryl/α,β-unsaturated/α-hetero) is 1. The van der Waals surface area contributed by atoms with Gasteiger partial charge < -0.3 is 0 Å². The molecule has 0 aliphatic heterocycles. The third kappa shape index (κ3) is 1.64. The number of thiophene rings is 1. The van der Waals surface area contributed by atoms with Gasteiger partial charge in [0.2, 0.25) is 0 Å². The molecule has 3 rings (SSSR count). The van der Waals surface area contributed by atoms with Gasteiger partial charge in [0.25, 0.3) is 0 Å². The highest BCUT2D eigenvalue weighted by Crippen LogP contribution is 2.46. The van der Waals surface area contributed by atoms with Crippen molar-refractivity contribution in [3.63, 3.8) is 0 Å². The molecule has 0 bridgehead atoms. The molecule has 0 spiro atoms. The lowest BCUT2D eigenvalue weighted by Gasteiger charge is -2.40. The van der Waals surface area contributed by atoms with E-state index in [9.17, 15) is 4.79 Å². The minimum Gasteiger partial charge on any atom is -0.293 e. The molecule has 0 N–H and O–H groups in total. The SMILES string of the molecule is O=C(c1ccsc1)C1(c2ccccc2)CCC1. The Morgan fingerprint density at radius 3 is 2.41 bits per heavy atom. The maximum absolute atomic E-state index is 12.6. The number of ketones is 1. The summed E-state index contributed by atoms with van der Waals surface area (Å²) in [6.07, 6.45) is 3.14. The summed E-state index contributed by atoms with van der Waals surface area (Å²) in [6, 6.07) is 12.2. The Hall–Kier alpha value is -1.41. The van der Waals surface area contributed by atoms with Crippen LogP contribution in [0.4, 0.5) is 0 Å². The Balaban J connectivity index is 2.01. The van der Waals surface area contributed by atoms with Gasteiger partial charge in [-0.1, -0.05) is 36.8 Å². The molecule has 1 fully saturated rings. The number of hydrogen-bond acceptors (Lipinski definition) is 2. The molecule has 1 nitrogen and oxygen atoms in total. The van der Waals surface area contributed by atoms with E-state index in [0.717, 1.165) is 24.8 Å². The van der Waals surface area contributed by atoms with Gasteiger partial charge in [-0.15, -0.1) is 0 Å². The Morgan fingerprint density at radius 1 is 1.12 bits per heavy atom. The summed E-state index contributed by atoms with van der Waals surface area (Å²) in [6.45, 7) is 0. The van der Waals surface area contributed by atoms with E-state index < -0.39 is 0 Å². The van der Waals surface area contributed by atoms with Crippen molar-refractivity contribution < 1.29 is 4.79 Å². The topological polar surface area (TPSA) is 17.1 Å². The standard InChI is InChI=1S/C15H14OS/c16-14(12-7-10-17-11-12)15(8-4-9-15)13-5-2-1-3-6-13/h1-3,5-7,10-11H,4,8-9H2. The summed E-state index contributed by atoms with van der Waals surface area (Å²) >= 11 is 1.59. The van der Waals surface area contributed by atoms with Crippen molar-refractivity contribution in [3.8, 4) is 0 Å². The van der Waals surface area contributed by atoms with Crippen LogP contribution in [0.3, 0.4) is 0 Å². The van der Waals surface area contributed by atoms with Crippen LogP contribution in [0.25, 0.3) is 0 Å². The summed E-state index contributed by atoms with van der Waals surface area (Å²) < 4.78 is 0. The third-order valence-electron chi connectivity index (χ3n) is 3.75. The van der Waals surface area contributed by atoms with Crippen LogP contribution in [0.15, 0.2) is 47.2 Å². The Labute approximate surface area is 105 Å². The largest absolute Gasteiger partial charge is 0.293 e. The molecular formula is C15H14OS. The van der Waals surface area contributed by atoms with E-state index in [1.54, 1.807) is 11.3 Å². The van der Waals surface area contributed by atoms with Gasteiger partial charge >= 0.3 is 0 Å². The lowest BCUT2D eigenvalue weighted by Crippen LogP contribution is -2.42. The van der Waals surface area contributed by atoms with Gasteiger partial charge in [0, 0.05) is 10.9 Å². The molecule has 2 aromatic rings. The molecule has 1 aliphatic carbocycles. The van der Waals surface area contributed by atoms with Gasteiger partial charge in [-0.2, -0.15) is 11.3 Å². The van der Waals surface area contributed by atoms with Gasteiger partial charge in [0.1, 0.15) is 0 Å². The monoisotopic (exact) mass is 242 g/mol. The number of rotatable bonds is 3. The number of carbonyl (C=O) groups is 1. The second-order valence-corrected chi connectivity index (χ2v) is 5.42. The van der Waals surface area contributed by atoms with Crippen molar-refractivity contribution in [3.05, 3.63) is 58.3 Å². The molecule has 1 aliphatic rings. The fraction of sp³-hybridized carbons (Fsp3) is 0.267. The predicted molar refractivity (Wildman–Crippen MR) is 70.6 cm³/mol. The quantitative estimate of drug-likeness (QED) is 0.742. The van der Waals surface area contributed by atoms with Crippen molar-refractivity contribution in [2.45, 2.75) is 24.7 Å². The van der Waals surface area contributed by atoms with Crippen LogP contribution in [-0.4, -0.2) is 5.78 Å². The van der Waals surface area contributed by atoms with Gasteiger partial charge in [-0.25, -0.2) is 0 Å². The van der Waals surface area contributed by atoms with Crippen LogP contribution >= 0.6 is 11.3 Å². The van der Waals surface area contributed by atoms with Crippen molar-refractivity contribution in [2.24, 2.45) is 0 Å². The summed E-state index contributed by atoms with van der Waals surface area (Å²) in [5, 5.41) is 3.94. The zero-order valence-corrected chi connectivity index (χ0v) is 10.4. The molecular weight excluding hydrogens is 228 g/mol. The minimum absolute atomic E-state index is 0.234. The van der Waals surface area contributed by atoms with Crippen molar-refractivity contribution in [2.75, 3.05) is 0 Å². The summed E-state index contributed by atoms with van der Waals surface area (Å²) in [4.78, 5) is 12.6. The Bertz CT molecular complexity index is 509. The molecule has 0 atom stereocenters. The lowest BCUT2D eigenvalue weighted by molar-refractivity contribution is 0.0789. The number of carbonyl (C=O) groups excluding carboxylic acids is 1. The smallest absolute Gasteiger partial charge is 0.174 e. The second kappa shape index (κ2) is 4.11. The maximum atomic E-state index is 12.6. The highest BCUT2D eigenvalue weighted by atomic mass is 32.1. The molecule has 0 saturated heterocycles. The van der Waals surface area contributed by atoms with Crippen LogP contribution in [0, 0.1) is 0 Å². The van der Waals surface area contributed by atoms with Crippen LogP contribution in [0.2, 0.25) is 0 Å². The molecule has 86 valence electrons. The van der Waals surface area contributed by atoms with Gasteiger partial charge in [-0.05, 0) is 29.9 Å². The van der Waals surface area contributed by atoms with Gasteiger partial charge in [-0.3, -0.25) is 4.79 Å². The molecule has 1 heterocycles. The van der Waals surface area contributed by atoms with Crippen LogP contribution < -0.4 is 0 Å². The molecule has 1 aromatic heterocycles. The third-order valence-corrected chi connectivity index (χ3v) is 4.43. The van der Waals surface area contributed by atoms with E-state index in [0.29, 0.717) is 5.78 Å². The lowest BCUT2D eigenvalue weighted by atomic mass is 9.61. The van der Waals surface area contributed by atoms with E-state index in [1.165, 1.54) is 5.56 Å². The first-order valence-corrected chi connectivity index (χ1v) is 6.90. The molecule has 17 heavy (non-hydrogen) atoms. The fourth-order valence-electron chi connectivity index (χ4n) is 2.60. The van der Waals surface area contributed by atoms with E-state index in [2.05, 4.69) is 12.1 Å². The minimum atomic E-state index is -0.234. The molecule has 1 saturated carbocycles. The predicted octanol–water partition coefficient (Wildman–Crippen LogP) is 4.05. The van der Waals surface area contributed by atoms with Crippen molar-refractivity contribution in [1.29, 1.82) is 0 Å². The fourth-order valence-corrected chi connectivity index (χ4v) is 3.24. The molecule has 0 amide bonds. The maximum Gasteiger partial charge on any atom is 0.174 e. The van der Waals surface area contributed by atoms with E-state index >= 15 is 0 Å². The van der Waals surface area contributed by atoms with Crippen LogP contribution in [0.5, 0.6) is 0 Å². The summed E-state index contributed by atoms with van der Waals surface area (Å²) in [5.41, 5.74) is 1.82. The molecule has 2 heteroatoms. The summed E-state index contributed by atoms with van der Waals surface area (Å²) in [5.74, 6) is 0.302. The molecule has 1 aromatic carbocycles. The first kappa shape index (κ1) is 10.7. The molecule has 0 radical (unpaired) electrons. The van der Waals surface area contributed by atoms with E-state index in [4.69, 9.17) is 0 Å². The highest BCUT2D eigenvalue weighted by Gasteiger charge is 2.45. The van der Waals surface area contributed by atoms with Gasteiger partial charge in [0.05, 0.1) is 5.41 Å². The zero-order chi connectivity index (χ0) is 11.7. The normalized spacial score (nSPS) is 17.4. The average molecular weight is 242 g/mol. The number of benzene rings is 1. The van der Waals surface area contributed by atoms with E-state index in [1.807, 2.05) is 35.0 Å². The Kier molecular flexibility index (Phi) is 2.60.